The van der Waals surface area contributed by atoms with Crippen LogP contribution >= 0.6 is 0 Å². The van der Waals surface area contributed by atoms with E-state index in [0.29, 0.717) is 24.8 Å². The summed E-state index contributed by atoms with van der Waals surface area (Å²) in [6.07, 6.45) is 3.88. The molecule has 1 fully saturated rings. The average molecular weight is 316 g/mol. The fraction of sp³-hybridized carbons (Fsp3) is 0.438. The topological polar surface area (TPSA) is 89.3 Å². The number of ether oxygens (including phenoxy) is 1. The second kappa shape index (κ2) is 6.78. The van der Waals surface area contributed by atoms with E-state index in [1.165, 1.54) is 6.33 Å². The van der Waals surface area contributed by atoms with Crippen LogP contribution in [0.3, 0.4) is 0 Å². The van der Waals surface area contributed by atoms with Gasteiger partial charge >= 0.3 is 0 Å². The second-order valence-corrected chi connectivity index (χ2v) is 5.64. The predicted molar refractivity (Wildman–Crippen MR) is 84.3 cm³/mol. The summed E-state index contributed by atoms with van der Waals surface area (Å²) in [4.78, 5) is 20.4. The van der Waals surface area contributed by atoms with Crippen molar-refractivity contribution >= 4 is 11.7 Å². The molecule has 3 heterocycles. The fourth-order valence-corrected chi connectivity index (χ4v) is 2.54. The first-order chi connectivity index (χ1) is 11.1. The molecule has 7 nitrogen and oxygen atoms in total. The number of rotatable bonds is 4. The number of carbonyl (C=O) groups is 1. The van der Waals surface area contributed by atoms with Crippen LogP contribution in [-0.4, -0.2) is 41.2 Å². The van der Waals surface area contributed by atoms with E-state index >= 15 is 0 Å². The van der Waals surface area contributed by atoms with E-state index in [0.717, 1.165) is 17.7 Å². The summed E-state index contributed by atoms with van der Waals surface area (Å²) < 4.78 is 11.0. The highest BCUT2D eigenvalue weighted by atomic mass is 16.5. The molecule has 0 radical (unpaired) electrons. The van der Waals surface area contributed by atoms with Crippen LogP contribution in [0.4, 0.5) is 5.82 Å². The molecule has 0 saturated carbocycles. The number of carbonyl (C=O) groups excluding carboxylic acids is 1. The van der Waals surface area contributed by atoms with Crippen molar-refractivity contribution in [3.8, 4) is 0 Å². The first-order valence-corrected chi connectivity index (χ1v) is 7.61. The molecule has 0 spiro atoms. The zero-order valence-electron chi connectivity index (χ0n) is 13.2. The summed E-state index contributed by atoms with van der Waals surface area (Å²) >= 11 is 0. The summed E-state index contributed by atoms with van der Waals surface area (Å²) in [6, 6.07) is 3.43. The Morgan fingerprint density at radius 3 is 2.91 bits per heavy atom. The van der Waals surface area contributed by atoms with Gasteiger partial charge in [-0.25, -0.2) is 9.97 Å². The molecule has 3 rings (SSSR count). The van der Waals surface area contributed by atoms with Gasteiger partial charge in [-0.3, -0.25) is 4.79 Å². The monoisotopic (exact) mass is 316 g/mol. The van der Waals surface area contributed by atoms with Crippen LogP contribution in [0.25, 0.3) is 0 Å². The van der Waals surface area contributed by atoms with Crippen LogP contribution in [0, 0.1) is 13.8 Å². The molecule has 1 aliphatic heterocycles. The Bertz CT molecular complexity index is 652. The minimum Gasteiger partial charge on any atom is -0.456 e. The van der Waals surface area contributed by atoms with Gasteiger partial charge < -0.3 is 19.8 Å². The lowest BCUT2D eigenvalue weighted by atomic mass is 10.0. The molecule has 0 unspecified atom stereocenters. The first kappa shape index (κ1) is 15.5. The highest BCUT2D eigenvalue weighted by Crippen LogP contribution is 2.16. The predicted octanol–water partition coefficient (Wildman–Crippen LogP) is 1.69. The molecule has 1 amide bonds. The van der Waals surface area contributed by atoms with E-state index in [-0.39, 0.29) is 18.0 Å². The van der Waals surface area contributed by atoms with Gasteiger partial charge in [0.25, 0.3) is 5.91 Å². The Kier molecular flexibility index (Phi) is 4.57. The van der Waals surface area contributed by atoms with Crippen molar-refractivity contribution in [1.29, 1.82) is 0 Å². The number of anilines is 1. The van der Waals surface area contributed by atoms with Crippen LogP contribution in [0.2, 0.25) is 0 Å². The molecule has 0 aliphatic carbocycles. The highest BCUT2D eigenvalue weighted by molar-refractivity contribution is 5.92. The Hall–Kier alpha value is -2.41. The fourth-order valence-electron chi connectivity index (χ4n) is 2.54. The van der Waals surface area contributed by atoms with Crippen LogP contribution < -0.4 is 10.6 Å². The molecule has 0 bridgehead atoms. The van der Waals surface area contributed by atoms with E-state index < -0.39 is 0 Å². The number of amides is 1. The van der Waals surface area contributed by atoms with Crippen LogP contribution in [0.5, 0.6) is 0 Å². The van der Waals surface area contributed by atoms with Gasteiger partial charge in [0.15, 0.2) is 5.76 Å². The van der Waals surface area contributed by atoms with E-state index in [4.69, 9.17) is 9.15 Å². The Morgan fingerprint density at radius 2 is 2.22 bits per heavy atom. The average Bonchev–Trinajstić information content (AvgIpc) is 2.90. The summed E-state index contributed by atoms with van der Waals surface area (Å²) in [7, 11) is 0. The number of aryl methyl sites for hydroxylation is 2. The van der Waals surface area contributed by atoms with Gasteiger partial charge in [-0.1, -0.05) is 0 Å². The number of aromatic nitrogens is 2. The maximum atomic E-state index is 12.4. The summed E-state index contributed by atoms with van der Waals surface area (Å²) in [6.45, 7) is 4.89. The van der Waals surface area contributed by atoms with Gasteiger partial charge in [-0.05, 0) is 38.0 Å². The largest absolute Gasteiger partial charge is 0.456 e. The molecule has 7 heteroatoms. The molecule has 2 atom stereocenters. The van der Waals surface area contributed by atoms with Crippen molar-refractivity contribution in [2.75, 3.05) is 18.5 Å². The number of nitrogens with zero attached hydrogens (tertiary/aromatic N) is 2. The molecule has 2 aromatic heterocycles. The number of hydrogen-bond acceptors (Lipinski definition) is 6. The SMILES string of the molecule is Cc1cc(C(=O)N[C@H]2CCOC[C@H]2Nc2ccncn2)oc1C. The van der Waals surface area contributed by atoms with Gasteiger partial charge in [0, 0.05) is 12.8 Å². The third kappa shape index (κ3) is 3.68. The first-order valence-electron chi connectivity index (χ1n) is 7.61. The third-order valence-electron chi connectivity index (χ3n) is 3.98. The number of furan rings is 1. The van der Waals surface area contributed by atoms with Crippen molar-refractivity contribution in [1.82, 2.24) is 15.3 Å². The van der Waals surface area contributed by atoms with Crippen molar-refractivity contribution in [3.05, 3.63) is 41.7 Å². The molecular weight excluding hydrogens is 296 g/mol. The smallest absolute Gasteiger partial charge is 0.287 e. The molecule has 2 aromatic rings. The standard InChI is InChI=1S/C16H20N4O3/c1-10-7-14(23-11(10)2)16(21)20-12-4-6-22-8-13(12)19-15-3-5-17-9-18-15/h3,5,7,9,12-13H,4,6,8H2,1-2H3,(H,20,21)(H,17,18,19)/t12-,13+/m0/s1. The molecule has 122 valence electrons. The summed E-state index contributed by atoms with van der Waals surface area (Å²) in [5, 5.41) is 6.31. The molecular formula is C16H20N4O3. The van der Waals surface area contributed by atoms with E-state index in [2.05, 4.69) is 20.6 Å². The van der Waals surface area contributed by atoms with E-state index in [1.807, 2.05) is 13.8 Å². The number of nitrogens with one attached hydrogen (secondary N) is 2. The van der Waals surface area contributed by atoms with Gasteiger partial charge in [0.2, 0.25) is 0 Å². The van der Waals surface area contributed by atoms with Gasteiger partial charge in [-0.2, -0.15) is 0 Å². The summed E-state index contributed by atoms with van der Waals surface area (Å²) in [5.74, 6) is 1.60. The highest BCUT2D eigenvalue weighted by Gasteiger charge is 2.28. The molecule has 0 aromatic carbocycles. The third-order valence-corrected chi connectivity index (χ3v) is 3.98. The minimum absolute atomic E-state index is 0.0558. The quantitative estimate of drug-likeness (QED) is 0.892. The zero-order chi connectivity index (χ0) is 16.2. The Labute approximate surface area is 134 Å². The van der Waals surface area contributed by atoms with Gasteiger partial charge in [0.1, 0.15) is 17.9 Å². The van der Waals surface area contributed by atoms with Crippen LogP contribution in [-0.2, 0) is 4.74 Å². The maximum absolute atomic E-state index is 12.4. The van der Waals surface area contributed by atoms with Crippen molar-refractivity contribution in [3.63, 3.8) is 0 Å². The Morgan fingerprint density at radius 1 is 1.35 bits per heavy atom. The molecule has 2 N–H and O–H groups in total. The lowest BCUT2D eigenvalue weighted by Crippen LogP contribution is -2.52. The number of hydrogen-bond donors (Lipinski definition) is 2. The van der Waals surface area contributed by atoms with E-state index in [9.17, 15) is 4.79 Å². The van der Waals surface area contributed by atoms with Crippen molar-refractivity contribution < 1.29 is 13.9 Å². The van der Waals surface area contributed by atoms with Crippen molar-refractivity contribution in [2.45, 2.75) is 32.4 Å². The molecule has 1 saturated heterocycles. The molecule has 23 heavy (non-hydrogen) atoms. The lowest BCUT2D eigenvalue weighted by Gasteiger charge is -2.32. The maximum Gasteiger partial charge on any atom is 0.287 e. The normalized spacial score (nSPS) is 21.0. The summed E-state index contributed by atoms with van der Waals surface area (Å²) in [5.41, 5.74) is 0.970. The minimum atomic E-state index is -0.206. The van der Waals surface area contributed by atoms with Crippen LogP contribution in [0.1, 0.15) is 28.3 Å². The zero-order valence-corrected chi connectivity index (χ0v) is 13.2. The van der Waals surface area contributed by atoms with Crippen molar-refractivity contribution in [2.24, 2.45) is 0 Å². The molecule has 1 aliphatic rings. The lowest BCUT2D eigenvalue weighted by molar-refractivity contribution is 0.0609. The van der Waals surface area contributed by atoms with Crippen LogP contribution in [0.15, 0.2) is 29.1 Å². The van der Waals surface area contributed by atoms with Gasteiger partial charge in [-0.15, -0.1) is 0 Å². The second-order valence-electron chi connectivity index (χ2n) is 5.64. The Balaban J connectivity index is 1.67. The van der Waals surface area contributed by atoms with E-state index in [1.54, 1.807) is 18.3 Å². The van der Waals surface area contributed by atoms with Gasteiger partial charge in [0.05, 0.1) is 18.7 Å².